The molecule has 5 nitrogen and oxygen atoms in total. The number of halogens is 2. The minimum absolute atomic E-state index is 0.0462. The smallest absolute Gasteiger partial charge is 0.426 e. The summed E-state index contributed by atoms with van der Waals surface area (Å²) in [6, 6.07) is 3.30. The van der Waals surface area contributed by atoms with E-state index in [-0.39, 0.29) is 17.2 Å². The van der Waals surface area contributed by atoms with Crippen molar-refractivity contribution in [3.05, 3.63) is 34.6 Å². The highest BCUT2D eigenvalue weighted by atomic mass is 35.5. The number of hydrazine groups is 1. The number of nitrogens with one attached hydrogen (secondary N) is 2. The predicted molar refractivity (Wildman–Crippen MR) is 59.0 cm³/mol. The molecule has 17 heavy (non-hydrogen) atoms. The van der Waals surface area contributed by atoms with Crippen LogP contribution in [0.25, 0.3) is 0 Å². The molecule has 0 heterocycles. The van der Waals surface area contributed by atoms with Crippen molar-refractivity contribution in [1.29, 1.82) is 0 Å². The van der Waals surface area contributed by atoms with Gasteiger partial charge >= 0.3 is 6.09 Å². The summed E-state index contributed by atoms with van der Waals surface area (Å²) >= 11 is 5.66. The summed E-state index contributed by atoms with van der Waals surface area (Å²) in [7, 11) is 0. The van der Waals surface area contributed by atoms with E-state index in [0.717, 1.165) is 12.1 Å². The van der Waals surface area contributed by atoms with Crippen LogP contribution in [0, 0.1) is 5.82 Å². The number of ether oxygens (including phenoxy) is 1. The molecule has 7 heteroatoms. The van der Waals surface area contributed by atoms with E-state index in [2.05, 4.69) is 10.2 Å². The van der Waals surface area contributed by atoms with Crippen molar-refractivity contribution in [2.45, 2.75) is 6.92 Å². The Hall–Kier alpha value is -1.82. The monoisotopic (exact) mass is 260 g/mol. The molecule has 92 valence electrons. The van der Waals surface area contributed by atoms with E-state index in [1.165, 1.54) is 6.07 Å². The number of amides is 2. The number of carbonyl (C=O) groups excluding carboxylic acids is 2. The summed E-state index contributed by atoms with van der Waals surface area (Å²) < 4.78 is 17.2. The Bertz CT molecular complexity index is 440. The van der Waals surface area contributed by atoms with Gasteiger partial charge in [-0.2, -0.15) is 0 Å². The number of carbonyl (C=O) groups is 2. The third-order valence-electron chi connectivity index (χ3n) is 1.73. The van der Waals surface area contributed by atoms with Gasteiger partial charge < -0.3 is 4.74 Å². The Morgan fingerprint density at radius 3 is 2.71 bits per heavy atom. The van der Waals surface area contributed by atoms with Crippen molar-refractivity contribution in [3.63, 3.8) is 0 Å². The number of rotatable bonds is 2. The van der Waals surface area contributed by atoms with Crippen LogP contribution in [0.1, 0.15) is 17.3 Å². The van der Waals surface area contributed by atoms with Gasteiger partial charge in [0.05, 0.1) is 17.2 Å². The lowest BCUT2D eigenvalue weighted by Gasteiger charge is -2.08. The summed E-state index contributed by atoms with van der Waals surface area (Å²) in [4.78, 5) is 22.4. The lowest BCUT2D eigenvalue weighted by Crippen LogP contribution is -2.42. The van der Waals surface area contributed by atoms with Crippen molar-refractivity contribution in [2.75, 3.05) is 6.61 Å². The Labute approximate surface area is 102 Å². The normalized spacial score (nSPS) is 9.59. The molecule has 0 saturated heterocycles. The van der Waals surface area contributed by atoms with E-state index in [9.17, 15) is 14.0 Å². The second-order valence-corrected chi connectivity index (χ2v) is 3.33. The topological polar surface area (TPSA) is 67.4 Å². The first kappa shape index (κ1) is 13.2. The van der Waals surface area contributed by atoms with Crippen molar-refractivity contribution in [1.82, 2.24) is 10.9 Å². The van der Waals surface area contributed by atoms with Crippen LogP contribution in [0.3, 0.4) is 0 Å². The molecule has 0 bridgehead atoms. The molecule has 0 aliphatic carbocycles. The van der Waals surface area contributed by atoms with Gasteiger partial charge in [-0.3, -0.25) is 10.2 Å². The van der Waals surface area contributed by atoms with Gasteiger partial charge in [0.15, 0.2) is 0 Å². The summed E-state index contributed by atoms with van der Waals surface area (Å²) in [6.07, 6.45) is -0.793. The maximum Gasteiger partial charge on any atom is 0.426 e. The fourth-order valence-electron chi connectivity index (χ4n) is 1.02. The average molecular weight is 261 g/mol. The molecule has 0 aliphatic rings. The maximum absolute atomic E-state index is 12.7. The molecule has 1 aromatic carbocycles. The fourth-order valence-corrected chi connectivity index (χ4v) is 1.27. The molecule has 0 aliphatic heterocycles. The van der Waals surface area contributed by atoms with Crippen molar-refractivity contribution >= 4 is 23.6 Å². The molecule has 0 unspecified atom stereocenters. The van der Waals surface area contributed by atoms with Crippen LogP contribution in [0.5, 0.6) is 0 Å². The standard InChI is InChI=1S/C10H10ClFN2O3/c1-2-17-10(16)14-13-9(15)7-4-3-6(12)5-8(7)11/h3-5H,2H2,1H3,(H,13,15)(H,14,16). The van der Waals surface area contributed by atoms with Crippen LogP contribution in [-0.4, -0.2) is 18.6 Å². The molecule has 1 rings (SSSR count). The quantitative estimate of drug-likeness (QED) is 0.798. The third-order valence-corrected chi connectivity index (χ3v) is 2.04. The highest BCUT2D eigenvalue weighted by molar-refractivity contribution is 6.33. The largest absolute Gasteiger partial charge is 0.449 e. The Morgan fingerprint density at radius 1 is 1.41 bits per heavy atom. The minimum atomic E-state index is -0.793. The first-order valence-electron chi connectivity index (χ1n) is 4.72. The van der Waals surface area contributed by atoms with E-state index < -0.39 is 17.8 Å². The molecule has 1 aromatic rings. The Kier molecular flexibility index (Phi) is 4.71. The van der Waals surface area contributed by atoms with E-state index in [1.54, 1.807) is 6.92 Å². The van der Waals surface area contributed by atoms with Crippen LogP contribution >= 0.6 is 11.6 Å². The van der Waals surface area contributed by atoms with E-state index in [1.807, 2.05) is 5.43 Å². The third kappa shape index (κ3) is 3.92. The van der Waals surface area contributed by atoms with Gasteiger partial charge in [0.2, 0.25) is 0 Å². The summed E-state index contributed by atoms with van der Waals surface area (Å²) in [5.74, 6) is -1.21. The average Bonchev–Trinajstić information content (AvgIpc) is 2.26. The molecular formula is C10H10ClFN2O3. The van der Waals surface area contributed by atoms with Gasteiger partial charge in [0, 0.05) is 0 Å². The molecule has 0 saturated carbocycles. The lowest BCUT2D eigenvalue weighted by atomic mass is 10.2. The molecule has 0 radical (unpaired) electrons. The zero-order valence-corrected chi connectivity index (χ0v) is 9.68. The molecule has 0 spiro atoms. The highest BCUT2D eigenvalue weighted by Crippen LogP contribution is 2.16. The van der Waals surface area contributed by atoms with Crippen molar-refractivity contribution in [3.8, 4) is 0 Å². The maximum atomic E-state index is 12.7. The van der Waals surface area contributed by atoms with Crippen LogP contribution < -0.4 is 10.9 Å². The zero-order valence-electron chi connectivity index (χ0n) is 8.92. The van der Waals surface area contributed by atoms with Crippen LogP contribution in [0.2, 0.25) is 5.02 Å². The highest BCUT2D eigenvalue weighted by Gasteiger charge is 2.11. The van der Waals surface area contributed by atoms with Gasteiger partial charge in [-0.25, -0.2) is 14.6 Å². The van der Waals surface area contributed by atoms with Crippen LogP contribution in [0.15, 0.2) is 18.2 Å². The fraction of sp³-hybridized carbons (Fsp3) is 0.200. The second-order valence-electron chi connectivity index (χ2n) is 2.92. The first-order valence-corrected chi connectivity index (χ1v) is 5.10. The van der Waals surface area contributed by atoms with Gasteiger partial charge in [0.1, 0.15) is 5.82 Å². The number of hydrogen-bond acceptors (Lipinski definition) is 3. The SMILES string of the molecule is CCOC(=O)NNC(=O)c1ccc(F)cc1Cl. The molecular weight excluding hydrogens is 251 g/mol. The van der Waals surface area contributed by atoms with Gasteiger partial charge in [-0.1, -0.05) is 11.6 Å². The van der Waals surface area contributed by atoms with Crippen molar-refractivity contribution in [2.24, 2.45) is 0 Å². The zero-order chi connectivity index (χ0) is 12.8. The summed E-state index contributed by atoms with van der Waals surface area (Å²) in [5, 5.41) is -0.0480. The summed E-state index contributed by atoms with van der Waals surface area (Å²) in [5.41, 5.74) is 4.13. The molecule has 0 atom stereocenters. The second kappa shape index (κ2) is 6.05. The molecule has 2 amide bonds. The molecule has 0 aromatic heterocycles. The predicted octanol–water partition coefficient (Wildman–Crippen LogP) is 1.87. The molecule has 2 N–H and O–H groups in total. The minimum Gasteiger partial charge on any atom is -0.449 e. The summed E-state index contributed by atoms with van der Waals surface area (Å²) in [6.45, 7) is 1.80. The van der Waals surface area contributed by atoms with Crippen LogP contribution in [0.4, 0.5) is 9.18 Å². The van der Waals surface area contributed by atoms with E-state index >= 15 is 0 Å². The molecule has 0 fully saturated rings. The van der Waals surface area contributed by atoms with Crippen molar-refractivity contribution < 1.29 is 18.7 Å². The Morgan fingerprint density at radius 2 is 2.12 bits per heavy atom. The number of benzene rings is 1. The van der Waals surface area contributed by atoms with Gasteiger partial charge in [-0.05, 0) is 25.1 Å². The van der Waals surface area contributed by atoms with Gasteiger partial charge in [-0.15, -0.1) is 0 Å². The number of hydrogen-bond donors (Lipinski definition) is 2. The van der Waals surface area contributed by atoms with E-state index in [0.29, 0.717) is 0 Å². The Balaban J connectivity index is 2.61. The van der Waals surface area contributed by atoms with E-state index in [4.69, 9.17) is 11.6 Å². The van der Waals surface area contributed by atoms with Crippen LogP contribution in [-0.2, 0) is 4.74 Å². The lowest BCUT2D eigenvalue weighted by molar-refractivity contribution is 0.0913. The first-order chi connectivity index (χ1) is 8.04. The van der Waals surface area contributed by atoms with Gasteiger partial charge in [0.25, 0.3) is 5.91 Å².